The van der Waals surface area contributed by atoms with Crippen LogP contribution in [-0.4, -0.2) is 51.1 Å². The number of sulfonamides is 1. The van der Waals surface area contributed by atoms with E-state index in [1.54, 1.807) is 26.6 Å². The van der Waals surface area contributed by atoms with Gasteiger partial charge in [-0.15, -0.1) is 0 Å². The number of aryl methyl sites for hydroxylation is 2. The predicted molar refractivity (Wildman–Crippen MR) is 106 cm³/mol. The Morgan fingerprint density at radius 2 is 1.71 bits per heavy atom. The number of nitrogens with two attached hydrogens (primary N) is 1. The molecule has 2 rings (SSSR count). The number of aromatic nitrogens is 2. The van der Waals surface area contributed by atoms with Gasteiger partial charge < -0.3 is 14.2 Å². The van der Waals surface area contributed by atoms with Crippen molar-refractivity contribution >= 4 is 10.0 Å². The molecule has 1 aromatic heterocycles. The molecule has 2 atom stereocenters. The van der Waals surface area contributed by atoms with E-state index in [-0.39, 0.29) is 18.9 Å². The lowest BCUT2D eigenvalue weighted by Crippen LogP contribution is -2.37. The smallest absolute Gasteiger partial charge is 0.215 e. The lowest BCUT2D eigenvalue weighted by molar-refractivity contribution is 0.00869. The number of hydrogen-bond donors (Lipinski definition) is 1. The van der Waals surface area contributed by atoms with Crippen LogP contribution >= 0.6 is 0 Å². The monoisotopic (exact) mass is 409 g/mol. The largest absolute Gasteiger partial charge is 0.497 e. The van der Waals surface area contributed by atoms with Crippen LogP contribution in [0.25, 0.3) is 0 Å². The molecular weight excluding hydrogens is 382 g/mol. The fourth-order valence-electron chi connectivity index (χ4n) is 2.75. The predicted octanol–water partition coefficient (Wildman–Crippen LogP) is 1.79. The number of nitrogens with zero attached hydrogens (tertiary/aromatic N) is 2. The minimum Gasteiger partial charge on any atom is -0.497 e. The molecule has 154 valence electrons. The second kappa shape index (κ2) is 10.5. The average Bonchev–Trinajstić information content (AvgIpc) is 2.67. The second-order valence-electron chi connectivity index (χ2n) is 6.42. The van der Waals surface area contributed by atoms with Crippen LogP contribution in [0.5, 0.6) is 5.75 Å². The molecule has 1 heterocycles. The molecule has 1 aromatic carbocycles. The van der Waals surface area contributed by atoms with Gasteiger partial charge in [0.25, 0.3) is 0 Å². The van der Waals surface area contributed by atoms with Crippen LogP contribution in [0.15, 0.2) is 36.7 Å². The molecule has 28 heavy (non-hydrogen) atoms. The summed E-state index contributed by atoms with van der Waals surface area (Å²) in [4.78, 5) is 8.51. The van der Waals surface area contributed by atoms with Crippen LogP contribution in [-0.2, 0) is 25.9 Å². The van der Waals surface area contributed by atoms with Gasteiger partial charge in [0.1, 0.15) is 17.1 Å². The van der Waals surface area contributed by atoms with Gasteiger partial charge in [-0.25, -0.2) is 23.5 Å². The highest BCUT2D eigenvalue weighted by molar-refractivity contribution is 7.89. The maximum Gasteiger partial charge on any atom is 0.215 e. The SMILES string of the molecule is COCCOC(c1ncc(C)cn1)C(CCc1ccc(OC)cc1)S(N)(=O)=O. The molecule has 0 saturated carbocycles. The Morgan fingerprint density at radius 1 is 1.07 bits per heavy atom. The standard InChI is InChI=1S/C19H27N3O5S/c1-14-12-21-19(22-13-14)18(27-11-10-25-2)17(28(20,23)24)9-6-15-4-7-16(26-3)8-5-15/h4-5,7-8,12-13,17-18H,6,9-11H2,1-3H3,(H2,20,23,24). The van der Waals surface area contributed by atoms with Crippen molar-refractivity contribution in [2.45, 2.75) is 31.1 Å². The van der Waals surface area contributed by atoms with Gasteiger partial charge >= 0.3 is 0 Å². The maximum atomic E-state index is 12.4. The van der Waals surface area contributed by atoms with Gasteiger partial charge in [0.15, 0.2) is 5.82 Å². The van der Waals surface area contributed by atoms with Crippen LogP contribution in [0.4, 0.5) is 0 Å². The van der Waals surface area contributed by atoms with Gasteiger partial charge in [0.2, 0.25) is 10.0 Å². The quantitative estimate of drug-likeness (QED) is 0.563. The Bertz CT molecular complexity index is 826. The first kappa shape index (κ1) is 22.2. The molecule has 0 aliphatic carbocycles. The second-order valence-corrected chi connectivity index (χ2v) is 8.20. The summed E-state index contributed by atoms with van der Waals surface area (Å²) in [5, 5.41) is 4.56. The van der Waals surface area contributed by atoms with Crippen LogP contribution in [0.3, 0.4) is 0 Å². The van der Waals surface area contributed by atoms with Crippen LogP contribution in [0.1, 0.15) is 29.5 Å². The zero-order valence-corrected chi connectivity index (χ0v) is 17.2. The van der Waals surface area contributed by atoms with Crippen molar-refractivity contribution in [3.8, 4) is 5.75 Å². The van der Waals surface area contributed by atoms with Crippen LogP contribution in [0.2, 0.25) is 0 Å². The zero-order valence-electron chi connectivity index (χ0n) is 16.4. The zero-order chi connectivity index (χ0) is 20.6. The van der Waals surface area contributed by atoms with Crippen molar-refractivity contribution in [3.63, 3.8) is 0 Å². The summed E-state index contributed by atoms with van der Waals surface area (Å²) in [5.74, 6) is 1.02. The number of benzene rings is 1. The Balaban J connectivity index is 2.24. The third-order valence-electron chi connectivity index (χ3n) is 4.28. The summed E-state index contributed by atoms with van der Waals surface area (Å²) in [7, 11) is -0.777. The third-order valence-corrected chi connectivity index (χ3v) is 5.60. The molecule has 0 fully saturated rings. The Hall–Kier alpha value is -2.07. The third kappa shape index (κ3) is 6.52. The normalized spacial score (nSPS) is 13.9. The molecule has 0 aliphatic heterocycles. The number of rotatable bonds is 11. The number of hydrogen-bond acceptors (Lipinski definition) is 7. The molecule has 0 bridgehead atoms. The molecule has 2 N–H and O–H groups in total. The van der Waals surface area contributed by atoms with Crippen molar-refractivity contribution < 1.29 is 22.6 Å². The summed E-state index contributed by atoms with van der Waals surface area (Å²) in [6, 6.07) is 7.44. The van der Waals surface area contributed by atoms with Crippen LogP contribution in [0, 0.1) is 6.92 Å². The molecule has 0 amide bonds. The molecule has 8 nitrogen and oxygen atoms in total. The number of primary sulfonamides is 1. The van der Waals surface area contributed by atoms with Gasteiger partial charge in [0, 0.05) is 19.5 Å². The highest BCUT2D eigenvalue weighted by Gasteiger charge is 2.34. The van der Waals surface area contributed by atoms with E-state index < -0.39 is 21.4 Å². The molecular formula is C19H27N3O5S. The molecule has 0 aliphatic rings. The molecule has 0 spiro atoms. The Morgan fingerprint density at radius 3 is 2.25 bits per heavy atom. The molecule has 0 saturated heterocycles. The first-order valence-electron chi connectivity index (χ1n) is 8.88. The van der Waals surface area contributed by atoms with Gasteiger partial charge in [-0.3, -0.25) is 0 Å². The van der Waals surface area contributed by atoms with E-state index in [4.69, 9.17) is 19.3 Å². The fraction of sp³-hybridized carbons (Fsp3) is 0.474. The van der Waals surface area contributed by atoms with E-state index in [0.29, 0.717) is 13.0 Å². The Kier molecular flexibility index (Phi) is 8.31. The van der Waals surface area contributed by atoms with E-state index in [1.807, 2.05) is 31.2 Å². The molecule has 9 heteroatoms. The average molecular weight is 410 g/mol. The van der Waals surface area contributed by atoms with Crippen molar-refractivity contribution in [2.24, 2.45) is 5.14 Å². The summed E-state index contributed by atoms with van der Waals surface area (Å²) >= 11 is 0. The number of ether oxygens (including phenoxy) is 3. The minimum absolute atomic E-state index is 0.201. The lowest BCUT2D eigenvalue weighted by atomic mass is 10.0. The van der Waals surface area contributed by atoms with E-state index in [9.17, 15) is 8.42 Å². The van der Waals surface area contributed by atoms with Crippen molar-refractivity contribution in [1.29, 1.82) is 0 Å². The number of methoxy groups -OCH3 is 2. The highest BCUT2D eigenvalue weighted by Crippen LogP contribution is 2.27. The summed E-state index contributed by atoms with van der Waals surface area (Å²) < 4.78 is 40.7. The first-order chi connectivity index (χ1) is 13.3. The highest BCUT2D eigenvalue weighted by atomic mass is 32.2. The molecule has 0 radical (unpaired) electrons. The van der Waals surface area contributed by atoms with E-state index in [2.05, 4.69) is 9.97 Å². The summed E-state index contributed by atoms with van der Waals surface area (Å²) in [6.07, 6.45) is 3.13. The minimum atomic E-state index is -3.91. The van der Waals surface area contributed by atoms with E-state index >= 15 is 0 Å². The van der Waals surface area contributed by atoms with E-state index in [0.717, 1.165) is 16.9 Å². The van der Waals surface area contributed by atoms with Gasteiger partial charge in [-0.1, -0.05) is 12.1 Å². The van der Waals surface area contributed by atoms with Gasteiger partial charge in [-0.2, -0.15) is 0 Å². The van der Waals surface area contributed by atoms with E-state index in [1.165, 1.54) is 0 Å². The van der Waals surface area contributed by atoms with Crippen molar-refractivity contribution in [2.75, 3.05) is 27.4 Å². The van der Waals surface area contributed by atoms with Gasteiger partial charge in [-0.05, 0) is 43.0 Å². The fourth-order valence-corrected chi connectivity index (χ4v) is 3.74. The van der Waals surface area contributed by atoms with Crippen molar-refractivity contribution in [3.05, 3.63) is 53.6 Å². The lowest BCUT2D eigenvalue weighted by Gasteiger charge is -2.25. The van der Waals surface area contributed by atoms with Crippen LogP contribution < -0.4 is 9.88 Å². The molecule has 2 unspecified atom stereocenters. The Labute approximate surface area is 166 Å². The van der Waals surface area contributed by atoms with Gasteiger partial charge in [0.05, 0.1) is 20.3 Å². The summed E-state index contributed by atoms with van der Waals surface area (Å²) in [6.45, 7) is 2.37. The van der Waals surface area contributed by atoms with Crippen molar-refractivity contribution in [1.82, 2.24) is 9.97 Å². The summed E-state index contributed by atoms with van der Waals surface area (Å²) in [5.41, 5.74) is 1.83. The topological polar surface area (TPSA) is 114 Å². The molecule has 2 aromatic rings. The maximum absolute atomic E-state index is 12.4. The first-order valence-corrected chi connectivity index (χ1v) is 10.5.